The molecule has 0 saturated heterocycles. The Kier molecular flexibility index (Phi) is 16.1. The van der Waals surface area contributed by atoms with Crippen LogP contribution in [0, 0.1) is 0 Å². The number of fused-ring (bicyclic) bond motifs is 33. The molecule has 0 atom stereocenters. The molecule has 6 nitrogen and oxygen atoms in total. The molecule has 114 heavy (non-hydrogen) atoms. The number of aromatic nitrogens is 3. The molecule has 0 radical (unpaired) electrons. The summed E-state index contributed by atoms with van der Waals surface area (Å²) in [6.45, 7) is 0.429. The van der Waals surface area contributed by atoms with E-state index in [1.54, 1.807) is 0 Å². The molecule has 15 aromatic carbocycles. The molecule has 18 aromatic rings. The lowest BCUT2D eigenvalue weighted by atomic mass is 9.43. The summed E-state index contributed by atoms with van der Waals surface area (Å²) in [4.78, 5) is 20.7. The van der Waals surface area contributed by atoms with E-state index in [9.17, 15) is 0 Å². The first kappa shape index (κ1) is 66.3. The molecular weight excluding hydrogens is 1380 g/mol. The summed E-state index contributed by atoms with van der Waals surface area (Å²) >= 11 is 0. The molecule has 24 rings (SSSR count). The normalized spacial score (nSPS) is 12.6. The van der Waals surface area contributed by atoms with Crippen LogP contribution in [0.2, 0.25) is 0 Å². The van der Waals surface area contributed by atoms with E-state index in [4.69, 9.17) is 0 Å². The Bertz CT molecular complexity index is 6180. The maximum Gasteiger partial charge on any atom is 0.329 e. The molecule has 0 saturated carbocycles. The van der Waals surface area contributed by atoms with Gasteiger partial charge in [-0.2, -0.15) is 0 Å². The highest BCUT2D eigenvalue weighted by Gasteiger charge is 2.45. The number of benzene rings is 15. The lowest BCUT2D eigenvalue weighted by Crippen LogP contribution is -2.59. The van der Waals surface area contributed by atoms with Gasteiger partial charge in [0.15, 0.2) is 0 Å². The third kappa shape index (κ3) is 11.1. The summed E-state index contributed by atoms with van der Waals surface area (Å²) in [5, 5.41) is 0. The van der Waals surface area contributed by atoms with Crippen molar-refractivity contribution in [1.82, 2.24) is 15.0 Å². The van der Waals surface area contributed by atoms with Crippen molar-refractivity contribution in [2.75, 3.05) is 14.4 Å². The number of anilines is 6. The van der Waals surface area contributed by atoms with Crippen molar-refractivity contribution >= 4 is 87.4 Å². The highest BCUT2D eigenvalue weighted by molar-refractivity contribution is 6.94. The Morgan fingerprint density at radius 3 is 0.816 bits per heavy atom. The number of hydrogen-bond donors (Lipinski definition) is 0. The van der Waals surface area contributed by atoms with Crippen LogP contribution >= 0.6 is 0 Å². The van der Waals surface area contributed by atoms with Crippen molar-refractivity contribution in [2.45, 2.75) is 0 Å². The maximum atomic E-state index is 4.56. The average molecular weight is 1450 g/mol. The van der Waals surface area contributed by atoms with Crippen LogP contribution in [0.3, 0.4) is 0 Å². The van der Waals surface area contributed by atoms with Crippen LogP contribution in [-0.2, 0) is 0 Å². The van der Waals surface area contributed by atoms with Crippen LogP contribution in [-0.4, -0.2) is 35.5 Å². The third-order valence-electron chi connectivity index (χ3n) is 23.9. The molecule has 9 heterocycles. The molecule has 0 bridgehead atoms. The van der Waals surface area contributed by atoms with Crippen molar-refractivity contribution in [3.05, 3.63) is 419 Å². The van der Waals surface area contributed by atoms with Crippen LogP contribution in [0.15, 0.2) is 419 Å². The van der Waals surface area contributed by atoms with Gasteiger partial charge in [0.25, 0.3) is 0 Å². The van der Waals surface area contributed by atoms with E-state index in [0.717, 1.165) is 16.8 Å². The SMILES string of the molecule is c1cc(-c2ccncc2)cc(-c2ccc3c(c2)-c2ccccc2B2c4ccccc4-c4ccccc4N23)c1.c1ccc(-c2cccc(-c3ccc4c(c3)-c3ccccc3B3c5ccccc5-c5ccccc5N34)c2)nc1.c1cncc(-c2cccc(-c3ccc4c(c3)-c3ccccc3B3c5ccccc5-c5ccccc5N34)c2)c1. The van der Waals surface area contributed by atoms with Gasteiger partial charge in [-0.1, -0.05) is 285 Å². The van der Waals surface area contributed by atoms with E-state index >= 15 is 0 Å². The summed E-state index contributed by atoms with van der Waals surface area (Å²) in [5.74, 6) is 0. The predicted octanol–water partition coefficient (Wildman–Crippen LogP) is 22.0. The first-order chi connectivity index (χ1) is 56.6. The van der Waals surface area contributed by atoms with E-state index in [0.29, 0.717) is 0 Å². The van der Waals surface area contributed by atoms with Crippen LogP contribution in [0.4, 0.5) is 34.1 Å². The molecule has 0 amide bonds. The fraction of sp³-hybridized carbons (Fsp3) is 0. The Balaban J connectivity index is 0.000000104. The van der Waals surface area contributed by atoms with Crippen molar-refractivity contribution in [3.8, 4) is 134 Å². The summed E-state index contributed by atoms with van der Waals surface area (Å²) in [5.41, 5.74) is 45.3. The van der Waals surface area contributed by atoms with Crippen LogP contribution < -0.4 is 47.2 Å². The first-order valence-electron chi connectivity index (χ1n) is 39.3. The van der Waals surface area contributed by atoms with Crippen LogP contribution in [0.5, 0.6) is 0 Å². The summed E-state index contributed by atoms with van der Waals surface area (Å²) < 4.78 is 0. The van der Waals surface area contributed by atoms with Gasteiger partial charge in [-0.3, -0.25) is 15.0 Å². The van der Waals surface area contributed by atoms with Crippen LogP contribution in [0.1, 0.15) is 0 Å². The Hall–Kier alpha value is -14.7. The second-order valence-corrected chi connectivity index (χ2v) is 30.0. The van der Waals surface area contributed by atoms with Gasteiger partial charge in [0.1, 0.15) is 0 Å². The highest BCUT2D eigenvalue weighted by Crippen LogP contribution is 2.51. The lowest BCUT2D eigenvalue weighted by molar-refractivity contribution is 1.33. The molecule has 0 aliphatic carbocycles. The molecule has 6 aliphatic heterocycles. The molecule has 0 unspecified atom stereocenters. The molecule has 0 N–H and O–H groups in total. The van der Waals surface area contributed by atoms with Gasteiger partial charge in [0, 0.05) is 110 Å². The topological polar surface area (TPSA) is 48.4 Å². The van der Waals surface area contributed by atoms with Gasteiger partial charge >= 0.3 is 20.5 Å². The minimum absolute atomic E-state index is 0.142. The largest absolute Gasteiger partial charge is 0.376 e. The van der Waals surface area contributed by atoms with E-state index in [1.165, 1.54) is 184 Å². The van der Waals surface area contributed by atoms with Gasteiger partial charge in [-0.25, -0.2) is 0 Å². The number of para-hydroxylation sites is 3. The maximum absolute atomic E-state index is 4.56. The molecule has 0 spiro atoms. The zero-order valence-electron chi connectivity index (χ0n) is 62.3. The van der Waals surface area contributed by atoms with E-state index in [1.807, 2.05) is 49.2 Å². The minimum atomic E-state index is 0.142. The zero-order chi connectivity index (χ0) is 75.2. The predicted molar refractivity (Wildman–Crippen MR) is 479 cm³/mol. The Morgan fingerprint density at radius 1 is 0.167 bits per heavy atom. The minimum Gasteiger partial charge on any atom is -0.376 e. The third-order valence-corrected chi connectivity index (χ3v) is 23.9. The van der Waals surface area contributed by atoms with Crippen molar-refractivity contribution < 1.29 is 0 Å². The molecule has 9 heteroatoms. The zero-order valence-corrected chi connectivity index (χ0v) is 62.3. The number of rotatable bonds is 6. The standard InChI is InChI=1S/3C35H23BN2/c1-4-15-32-28(12-1)30-14-3-6-17-34(30)38-35-19-18-26(22-31(35)29-13-2-5-16-33(29)36(32)38)24-9-7-10-25(21-24)27-11-8-20-37-23-27;1-4-15-31-27(12-1)29-14-3-6-18-34(29)38-35-20-19-25(23-30(35)28-13-2-5-16-32(28)36(31)38)24-10-9-11-26(22-24)33-17-7-8-21-37-33;1-4-13-32-28(10-1)30-12-3-6-15-34(30)38-35-17-16-27(23-31(35)29-11-2-5-14-33(29)36(32)38)26-9-7-8-25(22-26)24-18-20-37-21-19-24/h3*1-23H. The van der Waals surface area contributed by atoms with Crippen molar-refractivity contribution in [2.24, 2.45) is 0 Å². The summed E-state index contributed by atoms with van der Waals surface area (Å²) in [6.07, 6.45) is 9.29. The van der Waals surface area contributed by atoms with Crippen molar-refractivity contribution in [1.29, 1.82) is 0 Å². The second kappa shape index (κ2) is 27.7. The molecule has 3 aromatic heterocycles. The Morgan fingerprint density at radius 2 is 0.456 bits per heavy atom. The van der Waals surface area contributed by atoms with E-state index < -0.39 is 0 Å². The molecular formula is C105H69B3N6. The van der Waals surface area contributed by atoms with Crippen molar-refractivity contribution in [3.63, 3.8) is 0 Å². The van der Waals surface area contributed by atoms with E-state index in [2.05, 4.69) is 399 Å². The number of pyridine rings is 3. The molecule has 528 valence electrons. The monoisotopic (exact) mass is 1450 g/mol. The molecule has 6 aliphatic rings. The second-order valence-electron chi connectivity index (χ2n) is 30.0. The summed E-state index contributed by atoms with van der Waals surface area (Å²) in [7, 11) is 0. The Labute approximate surface area is 665 Å². The average Bonchev–Trinajstić information content (AvgIpc) is 0.719. The van der Waals surface area contributed by atoms with Gasteiger partial charge in [0.2, 0.25) is 0 Å². The van der Waals surface area contributed by atoms with E-state index in [-0.39, 0.29) is 20.5 Å². The lowest BCUT2D eigenvalue weighted by Gasteiger charge is -2.43. The fourth-order valence-electron chi connectivity index (χ4n) is 18.8. The van der Waals surface area contributed by atoms with Gasteiger partial charge in [0.05, 0.1) is 5.69 Å². The van der Waals surface area contributed by atoms with Gasteiger partial charge in [-0.15, -0.1) is 0 Å². The van der Waals surface area contributed by atoms with Gasteiger partial charge < -0.3 is 14.4 Å². The summed E-state index contributed by atoms with van der Waals surface area (Å²) in [6, 6.07) is 141. The van der Waals surface area contributed by atoms with Gasteiger partial charge in [-0.05, 0) is 219 Å². The molecule has 0 fully saturated rings. The smallest absolute Gasteiger partial charge is 0.329 e. The van der Waals surface area contributed by atoms with Crippen LogP contribution in [0.25, 0.3) is 134 Å². The number of nitrogens with zero attached hydrogens (tertiary/aromatic N) is 6. The number of hydrogen-bond acceptors (Lipinski definition) is 6. The fourth-order valence-corrected chi connectivity index (χ4v) is 18.8. The highest BCUT2D eigenvalue weighted by atomic mass is 15.1. The quantitative estimate of drug-likeness (QED) is 0.155. The first-order valence-corrected chi connectivity index (χ1v) is 39.3.